The van der Waals surface area contributed by atoms with Crippen LogP contribution >= 0.6 is 0 Å². The molecule has 0 saturated heterocycles. The van der Waals surface area contributed by atoms with Crippen LogP contribution in [-0.4, -0.2) is 25.7 Å². The van der Waals surface area contributed by atoms with E-state index in [0.717, 1.165) is 43.1 Å². The smallest absolute Gasteiger partial charge is 0.162 e. The number of nitrogen functional groups attached to an aromatic ring is 1. The van der Waals surface area contributed by atoms with E-state index in [2.05, 4.69) is 29.2 Å². The average Bonchev–Trinajstić information content (AvgIpc) is 2.56. The van der Waals surface area contributed by atoms with Crippen molar-refractivity contribution in [3.05, 3.63) is 53.1 Å². The molecule has 0 unspecified atom stereocenters. The van der Waals surface area contributed by atoms with Gasteiger partial charge in [-0.05, 0) is 29.2 Å². The van der Waals surface area contributed by atoms with Gasteiger partial charge in [0, 0.05) is 31.4 Å². The molecule has 0 radical (unpaired) electrons. The van der Waals surface area contributed by atoms with E-state index in [4.69, 9.17) is 15.2 Å². The molecular weight excluding hydrogens is 276 g/mol. The Morgan fingerprint density at radius 2 is 1.73 bits per heavy atom. The first kappa shape index (κ1) is 14.7. The van der Waals surface area contributed by atoms with Crippen molar-refractivity contribution in [2.45, 2.75) is 19.5 Å². The summed E-state index contributed by atoms with van der Waals surface area (Å²) in [4.78, 5) is 2.42. The summed E-state index contributed by atoms with van der Waals surface area (Å²) in [7, 11) is 3.27. The Labute approximate surface area is 131 Å². The molecule has 0 aliphatic carbocycles. The van der Waals surface area contributed by atoms with Crippen molar-refractivity contribution >= 4 is 5.69 Å². The van der Waals surface area contributed by atoms with Gasteiger partial charge in [0.05, 0.1) is 14.2 Å². The lowest BCUT2D eigenvalue weighted by molar-refractivity contribution is 0.245. The largest absolute Gasteiger partial charge is 0.493 e. The molecule has 2 N–H and O–H groups in total. The van der Waals surface area contributed by atoms with E-state index < -0.39 is 0 Å². The van der Waals surface area contributed by atoms with E-state index in [1.54, 1.807) is 14.2 Å². The lowest BCUT2D eigenvalue weighted by atomic mass is 9.99. The quantitative estimate of drug-likeness (QED) is 0.882. The van der Waals surface area contributed by atoms with Crippen molar-refractivity contribution in [2.75, 3.05) is 26.5 Å². The van der Waals surface area contributed by atoms with Crippen molar-refractivity contribution < 1.29 is 9.47 Å². The van der Waals surface area contributed by atoms with Crippen molar-refractivity contribution in [2.24, 2.45) is 0 Å². The second-order valence-electron chi connectivity index (χ2n) is 5.64. The summed E-state index contributed by atoms with van der Waals surface area (Å²) >= 11 is 0. The van der Waals surface area contributed by atoms with Crippen molar-refractivity contribution in [1.29, 1.82) is 0 Å². The lowest BCUT2D eigenvalue weighted by Gasteiger charge is -2.29. The highest BCUT2D eigenvalue weighted by Crippen LogP contribution is 2.33. The molecule has 1 aliphatic rings. The first-order valence-electron chi connectivity index (χ1n) is 7.50. The lowest BCUT2D eigenvalue weighted by Crippen LogP contribution is -2.30. The summed E-state index contributed by atoms with van der Waals surface area (Å²) in [6, 6.07) is 12.5. The van der Waals surface area contributed by atoms with E-state index >= 15 is 0 Å². The molecule has 22 heavy (non-hydrogen) atoms. The molecule has 4 heteroatoms. The molecule has 4 nitrogen and oxygen atoms in total. The van der Waals surface area contributed by atoms with Gasteiger partial charge in [0.25, 0.3) is 0 Å². The third-order valence-corrected chi connectivity index (χ3v) is 4.25. The predicted octanol–water partition coefficient (Wildman–Crippen LogP) is 2.84. The zero-order chi connectivity index (χ0) is 15.5. The molecule has 0 amide bonds. The van der Waals surface area contributed by atoms with Crippen LogP contribution in [0, 0.1) is 0 Å². The van der Waals surface area contributed by atoms with Crippen LogP contribution in [0.5, 0.6) is 11.5 Å². The number of methoxy groups -OCH3 is 2. The number of nitrogens with two attached hydrogens (primary N) is 1. The molecule has 0 spiro atoms. The summed E-state index contributed by atoms with van der Waals surface area (Å²) in [5.74, 6) is 1.40. The maximum Gasteiger partial charge on any atom is 0.162 e. The highest BCUT2D eigenvalue weighted by molar-refractivity contribution is 5.58. The summed E-state index contributed by atoms with van der Waals surface area (Å²) in [5.41, 5.74) is 10.9. The predicted molar refractivity (Wildman–Crippen MR) is 88.2 cm³/mol. The summed E-state index contributed by atoms with van der Waals surface area (Å²) in [6.07, 6.45) is 1.09. The van der Waals surface area contributed by atoms with Crippen molar-refractivity contribution in [3.8, 4) is 11.5 Å². The molecule has 0 fully saturated rings. The van der Waals surface area contributed by atoms with Crippen LogP contribution < -0.4 is 15.2 Å². The van der Waals surface area contributed by atoms with Crippen LogP contribution in [0.3, 0.4) is 0 Å². The standard InChI is InChI=1S/C18H22N2O2/c1-21-17-9-15(16(19)10-18(17)22-2)12-20-8-7-13-5-3-4-6-14(13)11-20/h3-6,9-10H,7-8,11-12,19H2,1-2H3. The SMILES string of the molecule is COc1cc(N)c(CN2CCc3ccccc3C2)cc1OC. The fraction of sp³-hybridized carbons (Fsp3) is 0.333. The fourth-order valence-electron chi connectivity index (χ4n) is 3.00. The van der Waals surface area contributed by atoms with Gasteiger partial charge in [-0.25, -0.2) is 0 Å². The van der Waals surface area contributed by atoms with E-state index in [1.807, 2.05) is 12.1 Å². The van der Waals surface area contributed by atoms with Gasteiger partial charge in [-0.3, -0.25) is 4.90 Å². The molecule has 0 aromatic heterocycles. The number of hydrogen-bond acceptors (Lipinski definition) is 4. The highest BCUT2D eigenvalue weighted by Gasteiger charge is 2.18. The van der Waals surface area contributed by atoms with Crippen molar-refractivity contribution in [3.63, 3.8) is 0 Å². The van der Waals surface area contributed by atoms with Crippen LogP contribution in [-0.2, 0) is 19.5 Å². The molecule has 116 valence electrons. The minimum Gasteiger partial charge on any atom is -0.493 e. The molecule has 2 aromatic rings. The highest BCUT2D eigenvalue weighted by atomic mass is 16.5. The number of ether oxygens (including phenoxy) is 2. The van der Waals surface area contributed by atoms with Gasteiger partial charge in [0.1, 0.15) is 0 Å². The second kappa shape index (κ2) is 6.28. The maximum atomic E-state index is 6.17. The van der Waals surface area contributed by atoms with Crippen LogP contribution in [0.2, 0.25) is 0 Å². The Balaban J connectivity index is 1.79. The van der Waals surface area contributed by atoms with Gasteiger partial charge in [-0.1, -0.05) is 24.3 Å². The number of hydrogen-bond donors (Lipinski definition) is 1. The molecule has 2 aromatic carbocycles. The van der Waals surface area contributed by atoms with Crippen LogP contribution in [0.1, 0.15) is 16.7 Å². The summed E-state index contributed by atoms with van der Waals surface area (Å²) in [5, 5.41) is 0. The first-order chi connectivity index (χ1) is 10.7. The van der Waals surface area contributed by atoms with Gasteiger partial charge in [-0.2, -0.15) is 0 Å². The van der Waals surface area contributed by atoms with Crippen molar-refractivity contribution in [1.82, 2.24) is 4.90 Å². The van der Waals surface area contributed by atoms with Gasteiger partial charge >= 0.3 is 0 Å². The molecule has 1 aliphatic heterocycles. The van der Waals surface area contributed by atoms with Gasteiger partial charge < -0.3 is 15.2 Å². The first-order valence-corrected chi connectivity index (χ1v) is 7.50. The minimum atomic E-state index is 0.674. The number of benzene rings is 2. The number of anilines is 1. The Bertz CT molecular complexity index is 670. The second-order valence-corrected chi connectivity index (χ2v) is 5.64. The zero-order valence-electron chi connectivity index (χ0n) is 13.1. The molecule has 0 atom stereocenters. The van der Waals surface area contributed by atoms with Gasteiger partial charge in [-0.15, -0.1) is 0 Å². The fourth-order valence-corrected chi connectivity index (χ4v) is 3.00. The monoisotopic (exact) mass is 298 g/mol. The average molecular weight is 298 g/mol. The normalized spacial score (nSPS) is 14.5. The molecule has 3 rings (SSSR count). The Hall–Kier alpha value is -2.20. The molecule has 0 bridgehead atoms. The molecular formula is C18H22N2O2. The van der Waals surface area contributed by atoms with Crippen LogP contribution in [0.25, 0.3) is 0 Å². The Morgan fingerprint density at radius 1 is 1.05 bits per heavy atom. The van der Waals surface area contributed by atoms with E-state index in [1.165, 1.54) is 11.1 Å². The molecule has 1 heterocycles. The van der Waals surface area contributed by atoms with Gasteiger partial charge in [0.15, 0.2) is 11.5 Å². The topological polar surface area (TPSA) is 47.7 Å². The third kappa shape index (κ3) is 2.88. The van der Waals surface area contributed by atoms with Gasteiger partial charge in [0.2, 0.25) is 0 Å². The number of rotatable bonds is 4. The van der Waals surface area contributed by atoms with E-state index in [9.17, 15) is 0 Å². The third-order valence-electron chi connectivity index (χ3n) is 4.25. The number of fused-ring (bicyclic) bond motifs is 1. The minimum absolute atomic E-state index is 0.674. The zero-order valence-corrected chi connectivity index (χ0v) is 13.1. The maximum absolute atomic E-state index is 6.17. The summed E-state index contributed by atoms with van der Waals surface area (Å²) in [6.45, 7) is 2.83. The molecule has 0 saturated carbocycles. The number of nitrogens with zero attached hydrogens (tertiary/aromatic N) is 1. The Kier molecular flexibility index (Phi) is 4.20. The van der Waals surface area contributed by atoms with E-state index in [0.29, 0.717) is 5.75 Å². The van der Waals surface area contributed by atoms with Crippen LogP contribution in [0.4, 0.5) is 5.69 Å². The Morgan fingerprint density at radius 3 is 2.45 bits per heavy atom. The van der Waals surface area contributed by atoms with Crippen LogP contribution in [0.15, 0.2) is 36.4 Å². The summed E-state index contributed by atoms with van der Waals surface area (Å²) < 4.78 is 10.7. The van der Waals surface area contributed by atoms with E-state index in [-0.39, 0.29) is 0 Å².